The van der Waals surface area contributed by atoms with E-state index in [0.717, 1.165) is 17.5 Å². The summed E-state index contributed by atoms with van der Waals surface area (Å²) in [7, 11) is 0. The second kappa shape index (κ2) is 5.21. The molecular weight excluding hydrogens is 232 g/mol. The summed E-state index contributed by atoms with van der Waals surface area (Å²) < 4.78 is 0. The molecule has 17 heavy (non-hydrogen) atoms. The lowest BCUT2D eigenvalue weighted by atomic mass is 9.78. The zero-order chi connectivity index (χ0) is 13.1. The first kappa shape index (κ1) is 13.6. The summed E-state index contributed by atoms with van der Waals surface area (Å²) in [6.45, 7) is 6.23. The zero-order valence-electron chi connectivity index (χ0n) is 10.3. The lowest BCUT2D eigenvalue weighted by Crippen LogP contribution is -2.19. The van der Waals surface area contributed by atoms with Crippen molar-refractivity contribution in [3.8, 4) is 12.1 Å². The van der Waals surface area contributed by atoms with Crippen molar-refractivity contribution in [2.75, 3.05) is 0 Å². The van der Waals surface area contributed by atoms with Crippen LogP contribution in [0.4, 0.5) is 0 Å². The Morgan fingerprint density at radius 3 is 2.41 bits per heavy atom. The Labute approximate surface area is 107 Å². The van der Waals surface area contributed by atoms with E-state index in [4.69, 9.17) is 22.1 Å². The van der Waals surface area contributed by atoms with E-state index in [2.05, 4.69) is 32.9 Å². The summed E-state index contributed by atoms with van der Waals surface area (Å²) in [4.78, 5) is 0. The number of nitriles is 2. The molecule has 1 aromatic rings. The maximum atomic E-state index is 9.00. The third-order valence-corrected chi connectivity index (χ3v) is 3.57. The molecule has 3 heteroatoms. The van der Waals surface area contributed by atoms with Crippen molar-refractivity contribution in [3.63, 3.8) is 0 Å². The summed E-state index contributed by atoms with van der Waals surface area (Å²) >= 11 is 6.28. The maximum Gasteiger partial charge on any atom is 0.101 e. The van der Waals surface area contributed by atoms with Crippen LogP contribution in [0, 0.1) is 22.7 Å². The first-order chi connectivity index (χ1) is 7.97. The van der Waals surface area contributed by atoms with Gasteiger partial charge in [0.05, 0.1) is 23.1 Å². The van der Waals surface area contributed by atoms with Crippen LogP contribution in [0.3, 0.4) is 0 Å². The third-order valence-electron chi connectivity index (χ3n) is 3.18. The normalized spacial score (nSPS) is 10.7. The van der Waals surface area contributed by atoms with Crippen molar-refractivity contribution >= 4 is 11.6 Å². The van der Waals surface area contributed by atoms with E-state index in [0.29, 0.717) is 17.0 Å². The lowest BCUT2D eigenvalue weighted by Gasteiger charge is -2.27. The Morgan fingerprint density at radius 1 is 1.29 bits per heavy atom. The van der Waals surface area contributed by atoms with Gasteiger partial charge in [-0.2, -0.15) is 10.5 Å². The highest BCUT2D eigenvalue weighted by Gasteiger charge is 2.25. The average Bonchev–Trinajstić information content (AvgIpc) is 2.29. The molecule has 0 saturated heterocycles. The fraction of sp³-hybridized carbons (Fsp3) is 0.429. The fourth-order valence-electron chi connectivity index (χ4n) is 1.84. The Balaban J connectivity index is 3.53. The molecule has 0 atom stereocenters. The largest absolute Gasteiger partial charge is 0.198 e. The standard InChI is InChI=1S/C14H15ClN2/c1-4-14(2,3)12-10(7-8-16)5-6-11(9-17)13(12)15/h5-6H,4,7H2,1-3H3. The second-order valence-electron chi connectivity index (χ2n) is 4.65. The van der Waals surface area contributed by atoms with Crippen LogP contribution in [0.25, 0.3) is 0 Å². The molecule has 1 rings (SSSR count). The Kier molecular flexibility index (Phi) is 4.16. The minimum absolute atomic E-state index is 0.129. The van der Waals surface area contributed by atoms with Gasteiger partial charge in [0, 0.05) is 0 Å². The molecule has 0 aliphatic carbocycles. The van der Waals surface area contributed by atoms with Crippen molar-refractivity contribution in [3.05, 3.63) is 33.8 Å². The molecule has 0 aliphatic heterocycles. The Morgan fingerprint density at radius 2 is 1.94 bits per heavy atom. The van der Waals surface area contributed by atoms with Crippen LogP contribution in [-0.4, -0.2) is 0 Å². The predicted molar refractivity (Wildman–Crippen MR) is 68.8 cm³/mol. The highest BCUT2D eigenvalue weighted by molar-refractivity contribution is 6.32. The Bertz CT molecular complexity index is 504. The van der Waals surface area contributed by atoms with Gasteiger partial charge in [-0.1, -0.05) is 38.4 Å². The number of hydrogen-bond donors (Lipinski definition) is 0. The monoisotopic (exact) mass is 246 g/mol. The summed E-state index contributed by atoms with van der Waals surface area (Å²) in [6.07, 6.45) is 1.23. The van der Waals surface area contributed by atoms with Crippen molar-refractivity contribution in [2.45, 2.75) is 39.0 Å². The fourth-order valence-corrected chi connectivity index (χ4v) is 2.33. The molecule has 0 saturated carbocycles. The van der Waals surface area contributed by atoms with E-state index in [-0.39, 0.29) is 5.41 Å². The molecule has 0 amide bonds. The van der Waals surface area contributed by atoms with Gasteiger partial charge in [-0.05, 0) is 29.0 Å². The molecule has 0 bridgehead atoms. The van der Waals surface area contributed by atoms with E-state index in [1.165, 1.54) is 0 Å². The van der Waals surface area contributed by atoms with Crippen molar-refractivity contribution < 1.29 is 0 Å². The first-order valence-corrected chi connectivity index (χ1v) is 5.94. The second-order valence-corrected chi connectivity index (χ2v) is 5.02. The molecule has 0 fully saturated rings. The number of benzene rings is 1. The van der Waals surface area contributed by atoms with Crippen LogP contribution in [0.1, 0.15) is 43.9 Å². The molecule has 0 aromatic heterocycles. The van der Waals surface area contributed by atoms with Gasteiger partial charge in [0.1, 0.15) is 6.07 Å². The number of nitrogens with zero attached hydrogens (tertiary/aromatic N) is 2. The Hall–Kier alpha value is -1.51. The molecule has 1 aromatic carbocycles. The molecule has 0 N–H and O–H groups in total. The summed E-state index contributed by atoms with van der Waals surface area (Å²) in [5.41, 5.74) is 2.20. The van der Waals surface area contributed by atoms with Crippen LogP contribution >= 0.6 is 11.6 Å². The summed E-state index contributed by atoms with van der Waals surface area (Å²) in [5.74, 6) is 0. The van der Waals surface area contributed by atoms with Gasteiger partial charge in [0.2, 0.25) is 0 Å². The zero-order valence-corrected chi connectivity index (χ0v) is 11.1. The van der Waals surface area contributed by atoms with Crippen LogP contribution in [-0.2, 0) is 11.8 Å². The highest BCUT2D eigenvalue weighted by atomic mass is 35.5. The van der Waals surface area contributed by atoms with E-state index in [1.54, 1.807) is 6.07 Å². The molecule has 0 heterocycles. The highest BCUT2D eigenvalue weighted by Crippen LogP contribution is 2.37. The number of hydrogen-bond acceptors (Lipinski definition) is 2. The van der Waals surface area contributed by atoms with Crippen LogP contribution in [0.2, 0.25) is 5.02 Å². The molecule has 2 nitrogen and oxygen atoms in total. The SMILES string of the molecule is CCC(C)(C)c1c(CC#N)ccc(C#N)c1Cl. The quantitative estimate of drug-likeness (QED) is 0.810. The molecule has 0 radical (unpaired) electrons. The summed E-state index contributed by atoms with van der Waals surface area (Å²) in [5, 5.41) is 18.3. The van der Waals surface area contributed by atoms with E-state index in [9.17, 15) is 0 Å². The van der Waals surface area contributed by atoms with Gasteiger partial charge in [0.15, 0.2) is 0 Å². The van der Waals surface area contributed by atoms with Crippen molar-refractivity contribution in [2.24, 2.45) is 0 Å². The van der Waals surface area contributed by atoms with Gasteiger partial charge >= 0.3 is 0 Å². The van der Waals surface area contributed by atoms with E-state index >= 15 is 0 Å². The van der Waals surface area contributed by atoms with Crippen LogP contribution in [0.5, 0.6) is 0 Å². The topological polar surface area (TPSA) is 47.6 Å². The van der Waals surface area contributed by atoms with Gasteiger partial charge in [-0.15, -0.1) is 0 Å². The maximum absolute atomic E-state index is 9.00. The van der Waals surface area contributed by atoms with Gasteiger partial charge < -0.3 is 0 Å². The van der Waals surface area contributed by atoms with Gasteiger partial charge in [-0.25, -0.2) is 0 Å². The van der Waals surface area contributed by atoms with Crippen molar-refractivity contribution in [1.82, 2.24) is 0 Å². The molecule has 0 spiro atoms. The number of rotatable bonds is 3. The summed E-state index contributed by atoms with van der Waals surface area (Å²) in [6, 6.07) is 7.75. The number of halogens is 1. The van der Waals surface area contributed by atoms with Crippen LogP contribution < -0.4 is 0 Å². The molecular formula is C14H15ClN2. The molecule has 0 unspecified atom stereocenters. The predicted octanol–water partition coefficient (Wildman–Crippen LogP) is 3.97. The third kappa shape index (κ3) is 2.60. The first-order valence-electron chi connectivity index (χ1n) is 5.56. The smallest absolute Gasteiger partial charge is 0.101 e. The van der Waals surface area contributed by atoms with Gasteiger partial charge in [-0.3, -0.25) is 0 Å². The molecule has 88 valence electrons. The average molecular weight is 247 g/mol. The van der Waals surface area contributed by atoms with Crippen LogP contribution in [0.15, 0.2) is 12.1 Å². The minimum Gasteiger partial charge on any atom is -0.198 e. The molecule has 0 aliphatic rings. The minimum atomic E-state index is -0.129. The van der Waals surface area contributed by atoms with E-state index in [1.807, 2.05) is 6.07 Å². The van der Waals surface area contributed by atoms with Crippen molar-refractivity contribution in [1.29, 1.82) is 10.5 Å². The van der Waals surface area contributed by atoms with Gasteiger partial charge in [0.25, 0.3) is 0 Å². The van der Waals surface area contributed by atoms with E-state index < -0.39 is 0 Å². The lowest BCUT2D eigenvalue weighted by molar-refractivity contribution is 0.502.